The van der Waals surface area contributed by atoms with Crippen molar-refractivity contribution < 1.29 is 9.21 Å². The topological polar surface area (TPSA) is 59.5 Å². The summed E-state index contributed by atoms with van der Waals surface area (Å²) in [6, 6.07) is 1.68. The van der Waals surface area contributed by atoms with E-state index in [1.807, 2.05) is 13.8 Å². The van der Waals surface area contributed by atoms with Crippen LogP contribution in [-0.4, -0.2) is 29.9 Å². The van der Waals surface area contributed by atoms with Crippen molar-refractivity contribution in [3.8, 4) is 0 Å². The van der Waals surface area contributed by atoms with Crippen LogP contribution in [0.25, 0.3) is 0 Å². The highest BCUT2D eigenvalue weighted by atomic mass is 16.3. The minimum absolute atomic E-state index is 0.0586. The fourth-order valence-corrected chi connectivity index (χ4v) is 1.20. The number of carbonyl (C=O) groups excluding carboxylic acids is 1. The van der Waals surface area contributed by atoms with Gasteiger partial charge in [-0.15, -0.1) is 0 Å². The second kappa shape index (κ2) is 4.06. The van der Waals surface area contributed by atoms with Gasteiger partial charge in [-0.25, -0.2) is 0 Å². The van der Waals surface area contributed by atoms with Gasteiger partial charge in [-0.2, -0.15) is 0 Å². The lowest BCUT2D eigenvalue weighted by Crippen LogP contribution is -2.50. The van der Waals surface area contributed by atoms with E-state index in [1.165, 1.54) is 6.26 Å². The number of hydrogen-bond acceptors (Lipinski definition) is 3. The molecule has 0 spiro atoms. The van der Waals surface area contributed by atoms with Gasteiger partial charge in [0.05, 0.1) is 11.8 Å². The second-order valence-corrected chi connectivity index (χ2v) is 4.27. The van der Waals surface area contributed by atoms with Crippen LogP contribution in [0.15, 0.2) is 16.7 Å². The minimum Gasteiger partial charge on any atom is -0.469 e. The molecule has 1 aromatic heterocycles. The minimum atomic E-state index is -0.346. The van der Waals surface area contributed by atoms with Crippen LogP contribution in [0.2, 0.25) is 0 Å². The molecule has 1 rings (SSSR count). The maximum absolute atomic E-state index is 12.0. The van der Waals surface area contributed by atoms with E-state index in [1.54, 1.807) is 24.9 Å². The molecule has 0 aliphatic rings. The Hall–Kier alpha value is -1.29. The molecule has 0 atom stereocenters. The van der Waals surface area contributed by atoms with Crippen LogP contribution in [0.4, 0.5) is 0 Å². The largest absolute Gasteiger partial charge is 0.469 e. The summed E-state index contributed by atoms with van der Waals surface area (Å²) in [6.45, 7) is 6.06. The Morgan fingerprint density at radius 1 is 1.60 bits per heavy atom. The molecule has 0 saturated heterocycles. The first kappa shape index (κ1) is 11.8. The van der Waals surface area contributed by atoms with Crippen LogP contribution in [0.3, 0.4) is 0 Å². The van der Waals surface area contributed by atoms with E-state index < -0.39 is 0 Å². The van der Waals surface area contributed by atoms with Crippen molar-refractivity contribution in [3.05, 3.63) is 23.7 Å². The van der Waals surface area contributed by atoms with Gasteiger partial charge in [-0.3, -0.25) is 4.79 Å². The summed E-state index contributed by atoms with van der Waals surface area (Å²) in [5.41, 5.74) is 5.87. The fourth-order valence-electron chi connectivity index (χ4n) is 1.20. The summed E-state index contributed by atoms with van der Waals surface area (Å²) >= 11 is 0. The molecule has 0 saturated carbocycles. The summed E-state index contributed by atoms with van der Waals surface area (Å²) in [6.07, 6.45) is 1.52. The smallest absolute Gasteiger partial charge is 0.257 e. The van der Waals surface area contributed by atoms with E-state index in [0.717, 1.165) is 0 Å². The van der Waals surface area contributed by atoms with E-state index in [4.69, 9.17) is 10.2 Å². The lowest BCUT2D eigenvalue weighted by Gasteiger charge is -2.34. The standard InChI is InChI=1S/C11H18N2O2/c1-8-9(5-6-15-8)10(14)13(4)11(2,3)7-12/h5-6H,7,12H2,1-4H3. The van der Waals surface area contributed by atoms with E-state index >= 15 is 0 Å². The molecule has 1 heterocycles. The van der Waals surface area contributed by atoms with Crippen LogP contribution in [-0.2, 0) is 0 Å². The molecule has 2 N–H and O–H groups in total. The SMILES string of the molecule is Cc1occc1C(=O)N(C)C(C)(C)CN. The monoisotopic (exact) mass is 210 g/mol. The van der Waals surface area contributed by atoms with E-state index in [2.05, 4.69) is 0 Å². The van der Waals surface area contributed by atoms with Crippen molar-refractivity contribution in [3.63, 3.8) is 0 Å². The maximum Gasteiger partial charge on any atom is 0.257 e. The van der Waals surface area contributed by atoms with Crippen LogP contribution in [0.1, 0.15) is 30.0 Å². The van der Waals surface area contributed by atoms with E-state index in [9.17, 15) is 4.79 Å². The lowest BCUT2D eigenvalue weighted by molar-refractivity contribution is 0.0638. The van der Waals surface area contributed by atoms with Crippen molar-refractivity contribution in [1.82, 2.24) is 4.90 Å². The Bertz CT molecular complexity index is 355. The second-order valence-electron chi connectivity index (χ2n) is 4.27. The van der Waals surface area contributed by atoms with Crippen LogP contribution >= 0.6 is 0 Å². The third-order valence-electron chi connectivity index (χ3n) is 2.80. The van der Waals surface area contributed by atoms with Gasteiger partial charge in [-0.05, 0) is 26.8 Å². The first-order valence-electron chi connectivity index (χ1n) is 4.92. The lowest BCUT2D eigenvalue weighted by atomic mass is 10.0. The van der Waals surface area contributed by atoms with E-state index in [-0.39, 0.29) is 11.4 Å². The average molecular weight is 210 g/mol. The zero-order valence-electron chi connectivity index (χ0n) is 9.70. The molecule has 0 bridgehead atoms. The molecule has 0 unspecified atom stereocenters. The van der Waals surface area contributed by atoms with Gasteiger partial charge in [0.1, 0.15) is 5.76 Å². The van der Waals surface area contributed by atoms with Crippen molar-refractivity contribution >= 4 is 5.91 Å². The Kier molecular flexibility index (Phi) is 3.19. The van der Waals surface area contributed by atoms with Gasteiger partial charge in [0, 0.05) is 19.1 Å². The Balaban J connectivity index is 2.92. The predicted molar refractivity (Wildman–Crippen MR) is 58.7 cm³/mol. The van der Waals surface area contributed by atoms with Crippen LogP contribution < -0.4 is 5.73 Å². The quantitative estimate of drug-likeness (QED) is 0.820. The molecular weight excluding hydrogens is 192 g/mol. The molecule has 0 aliphatic carbocycles. The first-order chi connectivity index (χ1) is 6.90. The zero-order valence-corrected chi connectivity index (χ0v) is 9.70. The van der Waals surface area contributed by atoms with Crippen molar-refractivity contribution in [2.45, 2.75) is 26.3 Å². The first-order valence-corrected chi connectivity index (χ1v) is 4.92. The molecule has 0 radical (unpaired) electrons. The van der Waals surface area contributed by atoms with Gasteiger partial charge in [0.2, 0.25) is 0 Å². The Morgan fingerprint density at radius 2 is 2.20 bits per heavy atom. The predicted octanol–water partition coefficient (Wildman–Crippen LogP) is 1.40. The summed E-state index contributed by atoms with van der Waals surface area (Å²) < 4.78 is 5.10. The summed E-state index contributed by atoms with van der Waals surface area (Å²) in [5, 5.41) is 0. The number of carbonyl (C=O) groups is 1. The number of likely N-dealkylation sites (N-methyl/N-ethyl adjacent to an activating group) is 1. The van der Waals surface area contributed by atoms with Gasteiger partial charge in [0.15, 0.2) is 0 Å². The summed E-state index contributed by atoms with van der Waals surface area (Å²) in [5.74, 6) is 0.580. The number of rotatable bonds is 3. The molecule has 1 aromatic rings. The molecule has 15 heavy (non-hydrogen) atoms. The third kappa shape index (κ3) is 2.21. The normalized spacial score (nSPS) is 11.5. The Morgan fingerprint density at radius 3 is 2.60 bits per heavy atom. The molecule has 4 nitrogen and oxygen atoms in total. The molecule has 0 fully saturated rings. The zero-order chi connectivity index (χ0) is 11.6. The van der Waals surface area contributed by atoms with Gasteiger partial charge >= 0.3 is 0 Å². The number of hydrogen-bond donors (Lipinski definition) is 1. The molecule has 84 valence electrons. The highest BCUT2D eigenvalue weighted by molar-refractivity contribution is 5.95. The summed E-state index contributed by atoms with van der Waals surface area (Å²) in [4.78, 5) is 13.7. The highest BCUT2D eigenvalue weighted by Crippen LogP contribution is 2.17. The van der Waals surface area contributed by atoms with Crippen molar-refractivity contribution in [2.24, 2.45) is 5.73 Å². The molecule has 4 heteroatoms. The van der Waals surface area contributed by atoms with Crippen molar-refractivity contribution in [2.75, 3.05) is 13.6 Å². The van der Waals surface area contributed by atoms with Gasteiger partial charge in [-0.1, -0.05) is 0 Å². The maximum atomic E-state index is 12.0. The number of aryl methyl sites for hydroxylation is 1. The number of furan rings is 1. The molecular formula is C11H18N2O2. The molecule has 0 aromatic carbocycles. The number of nitrogens with two attached hydrogens (primary N) is 1. The third-order valence-corrected chi connectivity index (χ3v) is 2.80. The van der Waals surface area contributed by atoms with Crippen LogP contribution in [0.5, 0.6) is 0 Å². The van der Waals surface area contributed by atoms with Crippen LogP contribution in [0, 0.1) is 6.92 Å². The van der Waals surface area contributed by atoms with Crippen molar-refractivity contribution in [1.29, 1.82) is 0 Å². The molecule has 1 amide bonds. The summed E-state index contributed by atoms with van der Waals surface area (Å²) in [7, 11) is 1.75. The number of amides is 1. The average Bonchev–Trinajstić information content (AvgIpc) is 2.62. The van der Waals surface area contributed by atoms with E-state index in [0.29, 0.717) is 17.9 Å². The van der Waals surface area contributed by atoms with Gasteiger partial charge < -0.3 is 15.1 Å². The molecule has 0 aliphatic heterocycles. The fraction of sp³-hybridized carbons (Fsp3) is 0.545. The van der Waals surface area contributed by atoms with Gasteiger partial charge in [0.25, 0.3) is 5.91 Å². The Labute approximate surface area is 90.0 Å². The number of nitrogens with zero attached hydrogens (tertiary/aromatic N) is 1. The highest BCUT2D eigenvalue weighted by Gasteiger charge is 2.28.